The summed E-state index contributed by atoms with van der Waals surface area (Å²) in [4.78, 5) is 3.01. The number of fused-ring (bicyclic) bond motifs is 1. The van der Waals surface area contributed by atoms with Gasteiger partial charge in [0.15, 0.2) is 0 Å². The van der Waals surface area contributed by atoms with Crippen molar-refractivity contribution in [1.29, 1.82) is 0 Å². The van der Waals surface area contributed by atoms with E-state index in [0.29, 0.717) is 5.75 Å². The van der Waals surface area contributed by atoms with E-state index in [2.05, 4.69) is 11.9 Å². The molecule has 1 aromatic carbocycles. The van der Waals surface area contributed by atoms with E-state index in [1.807, 2.05) is 19.2 Å². The maximum atomic E-state index is 9.53. The summed E-state index contributed by atoms with van der Waals surface area (Å²) in [7, 11) is 0. The van der Waals surface area contributed by atoms with Gasteiger partial charge in [0.1, 0.15) is 5.75 Å². The zero-order valence-corrected chi connectivity index (χ0v) is 7.18. The smallest absolute Gasteiger partial charge is 0.139 e. The molecule has 0 aliphatic carbocycles. The lowest BCUT2D eigenvalue weighted by Crippen LogP contribution is -1.81. The molecule has 0 bridgehead atoms. The molecule has 1 aromatic heterocycles. The molecule has 2 aromatic rings. The lowest BCUT2D eigenvalue weighted by atomic mass is 10.1. The van der Waals surface area contributed by atoms with Crippen molar-refractivity contribution < 1.29 is 5.11 Å². The average molecular weight is 161 g/mol. The fourth-order valence-electron chi connectivity index (χ4n) is 1.49. The predicted octanol–water partition coefficient (Wildman–Crippen LogP) is 2.49. The maximum absolute atomic E-state index is 9.53. The van der Waals surface area contributed by atoms with Gasteiger partial charge in [-0.25, -0.2) is 0 Å². The van der Waals surface area contributed by atoms with Crippen LogP contribution in [0.15, 0.2) is 18.3 Å². The zero-order chi connectivity index (χ0) is 8.72. The van der Waals surface area contributed by atoms with Crippen LogP contribution in [0.4, 0.5) is 0 Å². The van der Waals surface area contributed by atoms with E-state index < -0.39 is 0 Å². The van der Waals surface area contributed by atoms with Crippen LogP contribution in [0.25, 0.3) is 10.9 Å². The van der Waals surface area contributed by atoms with Crippen LogP contribution in [-0.2, 0) is 0 Å². The molecule has 2 rings (SSSR count). The Morgan fingerprint density at radius 3 is 2.83 bits per heavy atom. The van der Waals surface area contributed by atoms with E-state index in [0.717, 1.165) is 16.5 Å². The number of nitrogens with one attached hydrogen (secondary N) is 1. The third-order valence-corrected chi connectivity index (χ3v) is 2.35. The van der Waals surface area contributed by atoms with Crippen molar-refractivity contribution in [2.45, 2.75) is 13.8 Å². The van der Waals surface area contributed by atoms with Crippen molar-refractivity contribution in [3.05, 3.63) is 29.5 Å². The second-order valence-corrected chi connectivity index (χ2v) is 3.10. The molecule has 0 fully saturated rings. The van der Waals surface area contributed by atoms with Gasteiger partial charge in [-0.05, 0) is 37.1 Å². The predicted molar refractivity (Wildman–Crippen MR) is 49.4 cm³/mol. The molecule has 12 heavy (non-hydrogen) atoms. The largest absolute Gasteiger partial charge is 0.506 e. The van der Waals surface area contributed by atoms with Crippen LogP contribution in [0.2, 0.25) is 0 Å². The SMILES string of the molecule is Cc1cc(O)c2[nH]ccc2c1C. The molecule has 0 amide bonds. The molecular formula is C10H11NO. The average Bonchev–Trinajstić information content (AvgIpc) is 2.48. The molecule has 2 heteroatoms. The van der Waals surface area contributed by atoms with Crippen molar-refractivity contribution in [2.75, 3.05) is 0 Å². The summed E-state index contributed by atoms with van der Waals surface area (Å²) in [5.41, 5.74) is 3.18. The van der Waals surface area contributed by atoms with Crippen LogP contribution >= 0.6 is 0 Å². The van der Waals surface area contributed by atoms with E-state index in [1.165, 1.54) is 5.56 Å². The molecule has 0 aliphatic rings. The minimum atomic E-state index is 0.332. The number of phenolic OH excluding ortho intramolecular Hbond substituents is 1. The second-order valence-electron chi connectivity index (χ2n) is 3.10. The van der Waals surface area contributed by atoms with Crippen molar-refractivity contribution >= 4 is 10.9 Å². The number of hydrogen-bond acceptors (Lipinski definition) is 1. The van der Waals surface area contributed by atoms with E-state index in [4.69, 9.17) is 0 Å². The highest BCUT2D eigenvalue weighted by Gasteiger charge is 2.05. The quantitative estimate of drug-likeness (QED) is 0.611. The normalized spacial score (nSPS) is 10.8. The molecule has 0 spiro atoms. The van der Waals surface area contributed by atoms with Crippen LogP contribution in [0.3, 0.4) is 0 Å². The van der Waals surface area contributed by atoms with Gasteiger partial charge in [0.25, 0.3) is 0 Å². The molecule has 0 saturated heterocycles. The van der Waals surface area contributed by atoms with Crippen molar-refractivity contribution in [2.24, 2.45) is 0 Å². The van der Waals surface area contributed by atoms with E-state index >= 15 is 0 Å². The summed E-state index contributed by atoms with van der Waals surface area (Å²) in [5, 5.41) is 10.6. The molecule has 0 radical (unpaired) electrons. The highest BCUT2D eigenvalue weighted by atomic mass is 16.3. The monoisotopic (exact) mass is 161 g/mol. The van der Waals surface area contributed by atoms with Crippen LogP contribution in [0, 0.1) is 13.8 Å². The first kappa shape index (κ1) is 7.22. The van der Waals surface area contributed by atoms with Gasteiger partial charge in [0, 0.05) is 11.6 Å². The van der Waals surface area contributed by atoms with Crippen LogP contribution in [0.1, 0.15) is 11.1 Å². The fraction of sp³-hybridized carbons (Fsp3) is 0.200. The van der Waals surface area contributed by atoms with Gasteiger partial charge in [0.05, 0.1) is 5.52 Å². The summed E-state index contributed by atoms with van der Waals surface area (Å²) in [6.45, 7) is 4.06. The summed E-state index contributed by atoms with van der Waals surface area (Å²) in [6.07, 6.45) is 1.84. The molecule has 0 aliphatic heterocycles. The standard InChI is InChI=1S/C10H11NO/c1-6-5-9(12)10-8(7(6)2)3-4-11-10/h3-5,11-12H,1-2H3. The Labute approximate surface area is 70.8 Å². The Hall–Kier alpha value is -1.44. The Bertz CT molecular complexity index is 429. The summed E-state index contributed by atoms with van der Waals surface area (Å²) < 4.78 is 0. The number of aromatic hydroxyl groups is 1. The highest BCUT2D eigenvalue weighted by Crippen LogP contribution is 2.28. The van der Waals surface area contributed by atoms with Gasteiger partial charge < -0.3 is 10.1 Å². The summed E-state index contributed by atoms with van der Waals surface area (Å²) in [5.74, 6) is 0.332. The number of H-pyrrole nitrogens is 1. The Morgan fingerprint density at radius 2 is 2.08 bits per heavy atom. The molecule has 0 atom stereocenters. The first-order valence-electron chi connectivity index (χ1n) is 3.96. The number of aromatic amines is 1. The number of aromatic nitrogens is 1. The van der Waals surface area contributed by atoms with Crippen LogP contribution in [-0.4, -0.2) is 10.1 Å². The van der Waals surface area contributed by atoms with Crippen molar-refractivity contribution in [3.8, 4) is 5.75 Å². The van der Waals surface area contributed by atoms with Gasteiger partial charge in [-0.1, -0.05) is 0 Å². The number of aryl methyl sites for hydroxylation is 2. The number of phenols is 1. The van der Waals surface area contributed by atoms with Crippen molar-refractivity contribution in [1.82, 2.24) is 4.98 Å². The number of hydrogen-bond donors (Lipinski definition) is 2. The molecule has 62 valence electrons. The van der Waals surface area contributed by atoms with Gasteiger partial charge in [-0.3, -0.25) is 0 Å². The highest BCUT2D eigenvalue weighted by molar-refractivity contribution is 5.88. The number of benzene rings is 1. The molecule has 0 unspecified atom stereocenters. The fourth-order valence-corrected chi connectivity index (χ4v) is 1.49. The van der Waals surface area contributed by atoms with E-state index in [9.17, 15) is 5.11 Å². The number of rotatable bonds is 0. The lowest BCUT2D eigenvalue weighted by molar-refractivity contribution is 0.480. The Balaban J connectivity index is 2.97. The molecule has 0 saturated carbocycles. The second kappa shape index (κ2) is 2.27. The zero-order valence-electron chi connectivity index (χ0n) is 7.18. The molecule has 1 heterocycles. The van der Waals surface area contributed by atoms with Gasteiger partial charge >= 0.3 is 0 Å². The van der Waals surface area contributed by atoms with Crippen LogP contribution in [0.5, 0.6) is 5.75 Å². The lowest BCUT2D eigenvalue weighted by Gasteiger charge is -2.03. The minimum absolute atomic E-state index is 0.332. The third kappa shape index (κ3) is 0.811. The first-order chi connectivity index (χ1) is 5.70. The van der Waals surface area contributed by atoms with Gasteiger partial charge in [0.2, 0.25) is 0 Å². The first-order valence-corrected chi connectivity index (χ1v) is 3.96. The maximum Gasteiger partial charge on any atom is 0.139 e. The van der Waals surface area contributed by atoms with E-state index in [-0.39, 0.29) is 0 Å². The van der Waals surface area contributed by atoms with Gasteiger partial charge in [-0.15, -0.1) is 0 Å². The Morgan fingerprint density at radius 1 is 1.33 bits per heavy atom. The van der Waals surface area contributed by atoms with Gasteiger partial charge in [-0.2, -0.15) is 0 Å². The molecular weight excluding hydrogens is 150 g/mol. The molecule has 2 nitrogen and oxygen atoms in total. The van der Waals surface area contributed by atoms with E-state index in [1.54, 1.807) is 6.07 Å². The van der Waals surface area contributed by atoms with Crippen molar-refractivity contribution in [3.63, 3.8) is 0 Å². The Kier molecular flexibility index (Phi) is 1.37. The minimum Gasteiger partial charge on any atom is -0.506 e. The summed E-state index contributed by atoms with van der Waals surface area (Å²) in [6, 6.07) is 3.77. The summed E-state index contributed by atoms with van der Waals surface area (Å²) >= 11 is 0. The topological polar surface area (TPSA) is 36.0 Å². The van der Waals surface area contributed by atoms with Crippen LogP contribution < -0.4 is 0 Å². The molecule has 2 N–H and O–H groups in total. The third-order valence-electron chi connectivity index (χ3n) is 2.35.